The maximum Gasteiger partial charge on any atom is 0.325 e. The molecule has 0 saturated carbocycles. The molecule has 3 aromatic carbocycles. The molecule has 7 nitrogen and oxygen atoms in total. The van der Waals surface area contributed by atoms with E-state index in [2.05, 4.69) is 11.9 Å². The molecular weight excluding hydrogens is 496 g/mol. The van der Waals surface area contributed by atoms with Crippen LogP contribution in [0.2, 0.25) is 0 Å². The second-order valence-corrected chi connectivity index (χ2v) is 9.93. The Morgan fingerprint density at radius 1 is 1.00 bits per heavy atom. The highest BCUT2D eigenvalue weighted by atomic mass is 32.2. The third-order valence-corrected chi connectivity index (χ3v) is 7.21. The lowest BCUT2D eigenvalue weighted by molar-refractivity contribution is -0.763. The third-order valence-electron chi connectivity index (χ3n) is 6.64. The average molecular weight is 528 g/mol. The van der Waals surface area contributed by atoms with E-state index in [1.54, 1.807) is 21.7 Å². The Bertz CT molecular complexity index is 1490. The van der Waals surface area contributed by atoms with Gasteiger partial charge in [-0.3, -0.25) is 14.6 Å². The number of unbranched alkanes of at least 4 members (excludes halogenated alkanes) is 3. The Labute approximate surface area is 226 Å². The summed E-state index contributed by atoms with van der Waals surface area (Å²) in [5.41, 5.74) is 2.74. The zero-order chi connectivity index (χ0) is 26.5. The molecular formula is C30H31N4O3S+. The molecule has 1 atom stereocenters. The molecule has 0 radical (unpaired) electrons. The first-order valence-corrected chi connectivity index (χ1v) is 14.2. The van der Waals surface area contributed by atoms with Crippen LogP contribution in [0.15, 0.2) is 88.8 Å². The number of thioether (sulfide) groups is 1. The highest BCUT2D eigenvalue weighted by molar-refractivity contribution is 7.98. The van der Waals surface area contributed by atoms with Gasteiger partial charge >= 0.3 is 11.3 Å². The van der Waals surface area contributed by atoms with Crippen molar-refractivity contribution in [3.05, 3.63) is 100 Å². The molecule has 4 aromatic rings. The van der Waals surface area contributed by atoms with Gasteiger partial charge in [0.15, 0.2) is 0 Å². The minimum absolute atomic E-state index is 0.188. The lowest BCUT2D eigenvalue weighted by Gasteiger charge is -2.32. The van der Waals surface area contributed by atoms with E-state index in [4.69, 9.17) is 9.84 Å². The van der Waals surface area contributed by atoms with Gasteiger partial charge in [0.05, 0.1) is 23.4 Å². The molecule has 5 rings (SSSR count). The number of hydrogen-bond acceptors (Lipinski definition) is 5. The largest absolute Gasteiger partial charge is 0.493 e. The van der Waals surface area contributed by atoms with Gasteiger partial charge in [0.25, 0.3) is 12.1 Å². The van der Waals surface area contributed by atoms with Crippen molar-refractivity contribution in [2.24, 2.45) is 0 Å². The van der Waals surface area contributed by atoms with E-state index >= 15 is 0 Å². The number of carbonyl (C=O) groups is 1. The van der Waals surface area contributed by atoms with E-state index in [9.17, 15) is 9.59 Å². The summed E-state index contributed by atoms with van der Waals surface area (Å²) in [6.07, 6.45) is 5.49. The lowest BCUT2D eigenvalue weighted by Crippen LogP contribution is -2.61. The molecule has 8 heteroatoms. The van der Waals surface area contributed by atoms with Crippen molar-refractivity contribution in [1.29, 1.82) is 0 Å². The quantitative estimate of drug-likeness (QED) is 0.174. The van der Waals surface area contributed by atoms with Gasteiger partial charge in [-0.05, 0) is 53.8 Å². The number of aromatic amines is 1. The molecule has 38 heavy (non-hydrogen) atoms. The van der Waals surface area contributed by atoms with Crippen LogP contribution >= 0.6 is 11.8 Å². The number of nitrogens with one attached hydrogen (secondary N) is 1. The predicted molar refractivity (Wildman–Crippen MR) is 150 cm³/mol. The zero-order valence-electron chi connectivity index (χ0n) is 21.6. The number of carbonyl (C=O) groups excluding carboxylic acids is 1. The smallest absolute Gasteiger partial charge is 0.325 e. The number of para-hydroxylation sites is 2. The van der Waals surface area contributed by atoms with E-state index in [0.717, 1.165) is 31.2 Å². The number of amides is 1. The second-order valence-electron chi connectivity index (χ2n) is 9.14. The number of benzene rings is 3. The van der Waals surface area contributed by atoms with Gasteiger partial charge in [0.1, 0.15) is 5.75 Å². The molecule has 1 aromatic heterocycles. The van der Waals surface area contributed by atoms with Crippen molar-refractivity contribution >= 4 is 23.4 Å². The highest BCUT2D eigenvalue weighted by Crippen LogP contribution is 2.40. The third kappa shape index (κ3) is 4.96. The van der Waals surface area contributed by atoms with Gasteiger partial charge in [-0.1, -0.05) is 80.4 Å². The van der Waals surface area contributed by atoms with Crippen LogP contribution in [0.25, 0.3) is 11.3 Å². The van der Waals surface area contributed by atoms with Crippen LogP contribution in [0.5, 0.6) is 5.75 Å². The highest BCUT2D eigenvalue weighted by Gasteiger charge is 2.47. The minimum atomic E-state index is -0.729. The van der Waals surface area contributed by atoms with E-state index < -0.39 is 6.17 Å². The van der Waals surface area contributed by atoms with Crippen molar-refractivity contribution < 1.29 is 14.2 Å². The summed E-state index contributed by atoms with van der Waals surface area (Å²) in [4.78, 5) is 32.2. The van der Waals surface area contributed by atoms with Crippen molar-refractivity contribution in [2.45, 2.75) is 43.9 Å². The molecule has 1 N–H and O–H groups in total. The van der Waals surface area contributed by atoms with E-state index in [0.29, 0.717) is 40.0 Å². The average Bonchev–Trinajstić information content (AvgIpc) is 2.96. The monoisotopic (exact) mass is 527 g/mol. The number of ether oxygens (including phenoxy) is 1. The summed E-state index contributed by atoms with van der Waals surface area (Å²) in [6.45, 7) is 2.75. The number of hydrogen-bond donors (Lipinski definition) is 1. The molecule has 194 valence electrons. The first-order chi connectivity index (χ1) is 18.6. The summed E-state index contributed by atoms with van der Waals surface area (Å²) < 4.78 is 7.96. The molecule has 0 saturated heterocycles. The van der Waals surface area contributed by atoms with Crippen LogP contribution in [0.1, 0.15) is 54.7 Å². The maximum atomic E-state index is 14.2. The van der Waals surface area contributed by atoms with Gasteiger partial charge < -0.3 is 4.74 Å². The molecule has 0 unspecified atom stereocenters. The Morgan fingerprint density at radius 3 is 2.53 bits per heavy atom. The van der Waals surface area contributed by atoms with Crippen LogP contribution in [0.3, 0.4) is 0 Å². The Hall–Kier alpha value is -3.91. The summed E-state index contributed by atoms with van der Waals surface area (Å²) in [5.74, 6) is 0.484. The zero-order valence-corrected chi connectivity index (χ0v) is 22.4. The molecule has 0 spiro atoms. The topological polar surface area (TPSA) is 79.2 Å². The number of aromatic nitrogens is 3. The Balaban J connectivity index is 1.71. The van der Waals surface area contributed by atoms with E-state index in [1.165, 1.54) is 11.8 Å². The minimum Gasteiger partial charge on any atom is -0.493 e. The number of anilines is 1. The normalized spacial score (nSPS) is 14.1. The molecule has 0 bridgehead atoms. The summed E-state index contributed by atoms with van der Waals surface area (Å²) in [6, 6.07) is 24.4. The fraction of sp³-hybridized carbons (Fsp3) is 0.267. The Kier molecular flexibility index (Phi) is 7.89. The molecule has 1 aliphatic heterocycles. The van der Waals surface area contributed by atoms with E-state index in [1.807, 2.05) is 73.0 Å². The van der Waals surface area contributed by atoms with Gasteiger partial charge in [0, 0.05) is 10.7 Å². The molecule has 2 heterocycles. The molecule has 0 fully saturated rings. The van der Waals surface area contributed by atoms with Crippen molar-refractivity contribution in [3.8, 4) is 17.0 Å². The van der Waals surface area contributed by atoms with Crippen molar-refractivity contribution in [3.63, 3.8) is 0 Å². The molecule has 1 aliphatic rings. The summed E-state index contributed by atoms with van der Waals surface area (Å²) in [7, 11) is 0. The lowest BCUT2D eigenvalue weighted by atomic mass is 9.99. The van der Waals surface area contributed by atoms with Gasteiger partial charge in [-0.2, -0.15) is 0 Å². The Morgan fingerprint density at radius 2 is 1.74 bits per heavy atom. The SMILES string of the molecule is CCCCCCOc1ccccc1[C@@H]1N(C(=O)c2ccccc2)c2ccccc2-c2c(=O)[nH]c(SC)n[n+]21. The first-order valence-electron chi connectivity index (χ1n) is 12.9. The number of H-pyrrole nitrogens is 1. The van der Waals surface area contributed by atoms with Gasteiger partial charge in [-0.25, -0.2) is 4.90 Å². The molecule has 1 amide bonds. The summed E-state index contributed by atoms with van der Waals surface area (Å²) in [5, 5.41) is 5.28. The van der Waals surface area contributed by atoms with Gasteiger partial charge in [0.2, 0.25) is 5.16 Å². The van der Waals surface area contributed by atoms with Crippen LogP contribution < -0.4 is 19.9 Å². The van der Waals surface area contributed by atoms with Crippen LogP contribution in [-0.4, -0.2) is 28.9 Å². The summed E-state index contributed by atoms with van der Waals surface area (Å²) >= 11 is 1.34. The van der Waals surface area contributed by atoms with Crippen LogP contribution in [0, 0.1) is 0 Å². The molecule has 0 aliphatic carbocycles. The standard InChI is InChI=1S/C30H30N4O3S/c1-3-4-5-13-20-37-25-19-12-10-17-23(25)28-33(29(36)21-14-7-6-8-15-21)24-18-11-9-16-22(24)26-27(35)31-30(38-2)32-34(26)28/h6-12,14-19,28H,3-5,13,20H2,1-2H3/p+1/t28-/m1/s1. The number of rotatable bonds is 9. The fourth-order valence-electron chi connectivity index (χ4n) is 4.82. The van der Waals surface area contributed by atoms with Gasteiger partial charge in [-0.15, -0.1) is 0 Å². The first kappa shape index (κ1) is 25.7. The maximum absolute atomic E-state index is 14.2. The fourth-order valence-corrected chi connectivity index (χ4v) is 5.18. The van der Waals surface area contributed by atoms with Crippen LogP contribution in [-0.2, 0) is 0 Å². The number of fused-ring (bicyclic) bond motifs is 3. The van der Waals surface area contributed by atoms with Crippen molar-refractivity contribution in [1.82, 2.24) is 10.1 Å². The van der Waals surface area contributed by atoms with Crippen molar-refractivity contribution in [2.75, 3.05) is 17.8 Å². The van der Waals surface area contributed by atoms with Crippen LogP contribution in [0.4, 0.5) is 5.69 Å². The van der Waals surface area contributed by atoms with E-state index in [-0.39, 0.29) is 11.5 Å². The predicted octanol–water partition coefficient (Wildman–Crippen LogP) is 5.61. The second kappa shape index (κ2) is 11.6. The number of nitrogens with zero attached hydrogens (tertiary/aromatic N) is 3.